The smallest absolute Gasteiger partial charge is 0.230 e. The lowest BCUT2D eigenvalue weighted by molar-refractivity contribution is 0.353. The van der Waals surface area contributed by atoms with Gasteiger partial charge in [0.15, 0.2) is 0 Å². The highest BCUT2D eigenvalue weighted by atomic mass is 19.1. The highest BCUT2D eigenvalue weighted by molar-refractivity contribution is 5.53. The third kappa shape index (κ3) is 2.13. The number of nitrogens with zero attached hydrogens (tertiary/aromatic N) is 2. The molecule has 18 heavy (non-hydrogen) atoms. The Hall–Kier alpha value is -1.75. The predicted octanol–water partition coefficient (Wildman–Crippen LogP) is 2.47. The maximum absolute atomic E-state index is 12.8. The highest BCUT2D eigenvalue weighted by Gasteiger charge is 2.27. The van der Waals surface area contributed by atoms with Gasteiger partial charge >= 0.3 is 0 Å². The fourth-order valence-corrected chi connectivity index (χ4v) is 2.36. The van der Waals surface area contributed by atoms with Crippen LogP contribution >= 0.6 is 0 Å². The number of benzene rings is 1. The van der Waals surface area contributed by atoms with Crippen molar-refractivity contribution in [1.29, 1.82) is 0 Å². The first-order valence-corrected chi connectivity index (χ1v) is 6.07. The van der Waals surface area contributed by atoms with Crippen LogP contribution in [0.2, 0.25) is 0 Å². The zero-order valence-electron chi connectivity index (χ0n) is 9.84. The van der Waals surface area contributed by atoms with E-state index in [1.54, 1.807) is 12.1 Å². The monoisotopic (exact) mass is 247 g/mol. The average molecular weight is 247 g/mol. The molecule has 2 atom stereocenters. The van der Waals surface area contributed by atoms with Crippen LogP contribution in [0.15, 0.2) is 28.8 Å². The molecule has 0 bridgehead atoms. The molecular weight excluding hydrogens is 233 g/mol. The summed E-state index contributed by atoms with van der Waals surface area (Å²) in [7, 11) is 0. The second-order valence-corrected chi connectivity index (χ2v) is 4.73. The minimum atomic E-state index is -0.274. The Labute approximate surface area is 104 Å². The standard InChI is InChI=1S/C13H14FN3O/c14-10-4-1-8(2-5-10)12-16-13(18-17-12)9-3-6-11(15)7-9/h1-2,4-5,9,11H,3,6-7,15H2/t9-,11+/m1/s1. The van der Waals surface area contributed by atoms with Crippen molar-refractivity contribution in [1.82, 2.24) is 10.1 Å². The summed E-state index contributed by atoms with van der Waals surface area (Å²) in [6, 6.07) is 6.29. The molecule has 2 N–H and O–H groups in total. The van der Waals surface area contributed by atoms with E-state index in [4.69, 9.17) is 10.3 Å². The Balaban J connectivity index is 1.83. The van der Waals surface area contributed by atoms with Crippen molar-refractivity contribution in [2.24, 2.45) is 5.73 Å². The maximum Gasteiger partial charge on any atom is 0.230 e. The van der Waals surface area contributed by atoms with Gasteiger partial charge in [0.05, 0.1) is 0 Å². The number of hydrogen-bond acceptors (Lipinski definition) is 4. The SMILES string of the molecule is N[C@H]1CC[C@@H](c2nc(-c3ccc(F)cc3)no2)C1. The molecule has 5 heteroatoms. The van der Waals surface area contributed by atoms with E-state index in [9.17, 15) is 4.39 Å². The largest absolute Gasteiger partial charge is 0.339 e. The summed E-state index contributed by atoms with van der Waals surface area (Å²) in [5.74, 6) is 1.14. The van der Waals surface area contributed by atoms with E-state index in [0.717, 1.165) is 24.8 Å². The lowest BCUT2D eigenvalue weighted by Gasteiger charge is -2.01. The molecule has 1 heterocycles. The fourth-order valence-electron chi connectivity index (χ4n) is 2.36. The van der Waals surface area contributed by atoms with Gasteiger partial charge in [-0.1, -0.05) is 5.16 Å². The van der Waals surface area contributed by atoms with Gasteiger partial charge in [0.2, 0.25) is 11.7 Å². The average Bonchev–Trinajstić information content (AvgIpc) is 2.98. The summed E-state index contributed by atoms with van der Waals surface area (Å²) in [5.41, 5.74) is 6.62. The summed E-state index contributed by atoms with van der Waals surface area (Å²) in [5, 5.41) is 3.94. The molecule has 94 valence electrons. The van der Waals surface area contributed by atoms with Gasteiger partial charge in [-0.3, -0.25) is 0 Å². The molecular formula is C13H14FN3O. The molecule has 1 saturated carbocycles. The molecule has 0 spiro atoms. The van der Waals surface area contributed by atoms with Crippen LogP contribution in [0.5, 0.6) is 0 Å². The minimum Gasteiger partial charge on any atom is -0.339 e. The van der Waals surface area contributed by atoms with E-state index in [2.05, 4.69) is 10.1 Å². The van der Waals surface area contributed by atoms with Crippen LogP contribution in [0.3, 0.4) is 0 Å². The van der Waals surface area contributed by atoms with Gasteiger partial charge in [-0.2, -0.15) is 4.98 Å². The van der Waals surface area contributed by atoms with Crippen molar-refractivity contribution >= 4 is 0 Å². The van der Waals surface area contributed by atoms with E-state index in [1.165, 1.54) is 12.1 Å². The first-order valence-electron chi connectivity index (χ1n) is 6.07. The molecule has 1 aliphatic rings. The first kappa shape index (κ1) is 11.3. The molecule has 1 fully saturated rings. The van der Waals surface area contributed by atoms with Crippen molar-refractivity contribution in [3.63, 3.8) is 0 Å². The van der Waals surface area contributed by atoms with Crippen molar-refractivity contribution in [3.8, 4) is 11.4 Å². The topological polar surface area (TPSA) is 64.9 Å². The summed E-state index contributed by atoms with van der Waals surface area (Å²) in [6.45, 7) is 0. The summed E-state index contributed by atoms with van der Waals surface area (Å²) in [4.78, 5) is 4.37. The number of halogens is 1. The van der Waals surface area contributed by atoms with Gasteiger partial charge in [0.1, 0.15) is 5.82 Å². The van der Waals surface area contributed by atoms with E-state index in [1.807, 2.05) is 0 Å². The molecule has 3 rings (SSSR count). The van der Waals surface area contributed by atoms with Crippen LogP contribution in [0.25, 0.3) is 11.4 Å². The van der Waals surface area contributed by atoms with Gasteiger partial charge in [-0.15, -0.1) is 0 Å². The van der Waals surface area contributed by atoms with E-state index >= 15 is 0 Å². The molecule has 4 nitrogen and oxygen atoms in total. The Morgan fingerprint density at radius 1 is 1.22 bits per heavy atom. The van der Waals surface area contributed by atoms with E-state index < -0.39 is 0 Å². The Morgan fingerprint density at radius 3 is 2.67 bits per heavy atom. The number of rotatable bonds is 2. The molecule has 2 aromatic rings. The van der Waals surface area contributed by atoms with Crippen molar-refractivity contribution in [2.45, 2.75) is 31.2 Å². The van der Waals surface area contributed by atoms with Crippen LogP contribution in [0.1, 0.15) is 31.1 Å². The molecule has 0 saturated heterocycles. The quantitative estimate of drug-likeness (QED) is 0.885. The highest BCUT2D eigenvalue weighted by Crippen LogP contribution is 2.33. The zero-order valence-corrected chi connectivity index (χ0v) is 9.84. The third-order valence-corrected chi connectivity index (χ3v) is 3.37. The van der Waals surface area contributed by atoms with Gasteiger partial charge in [-0.05, 0) is 43.5 Å². The second-order valence-electron chi connectivity index (χ2n) is 4.73. The summed E-state index contributed by atoms with van der Waals surface area (Å²) < 4.78 is 18.1. The van der Waals surface area contributed by atoms with Crippen LogP contribution < -0.4 is 5.73 Å². The van der Waals surface area contributed by atoms with Gasteiger partial charge < -0.3 is 10.3 Å². The van der Waals surface area contributed by atoms with E-state index in [-0.39, 0.29) is 17.8 Å². The van der Waals surface area contributed by atoms with Crippen molar-refractivity contribution < 1.29 is 8.91 Å². The third-order valence-electron chi connectivity index (χ3n) is 3.37. The molecule has 0 aliphatic heterocycles. The Kier molecular flexibility index (Phi) is 2.83. The molecule has 0 unspecified atom stereocenters. The molecule has 1 aromatic heterocycles. The van der Waals surface area contributed by atoms with Crippen molar-refractivity contribution in [3.05, 3.63) is 36.0 Å². The minimum absolute atomic E-state index is 0.233. The second kappa shape index (κ2) is 4.49. The lowest BCUT2D eigenvalue weighted by atomic mass is 10.1. The van der Waals surface area contributed by atoms with Crippen LogP contribution in [0.4, 0.5) is 4.39 Å². The number of nitrogens with two attached hydrogens (primary N) is 1. The van der Waals surface area contributed by atoms with Crippen LogP contribution in [-0.2, 0) is 0 Å². The maximum atomic E-state index is 12.8. The summed E-state index contributed by atoms with van der Waals surface area (Å²) in [6.07, 6.45) is 2.89. The molecule has 1 aromatic carbocycles. The lowest BCUT2D eigenvalue weighted by Crippen LogP contribution is -2.14. The predicted molar refractivity (Wildman–Crippen MR) is 64.3 cm³/mol. The Morgan fingerprint density at radius 2 is 2.00 bits per heavy atom. The van der Waals surface area contributed by atoms with Gasteiger partial charge in [0.25, 0.3) is 0 Å². The zero-order chi connectivity index (χ0) is 12.5. The molecule has 1 aliphatic carbocycles. The van der Waals surface area contributed by atoms with Crippen molar-refractivity contribution in [2.75, 3.05) is 0 Å². The summed E-state index contributed by atoms with van der Waals surface area (Å²) >= 11 is 0. The number of hydrogen-bond donors (Lipinski definition) is 1. The van der Waals surface area contributed by atoms with Crippen LogP contribution in [0, 0.1) is 5.82 Å². The fraction of sp³-hybridized carbons (Fsp3) is 0.385. The first-order chi connectivity index (χ1) is 8.72. The van der Waals surface area contributed by atoms with E-state index in [0.29, 0.717) is 11.7 Å². The van der Waals surface area contributed by atoms with Crippen LogP contribution in [-0.4, -0.2) is 16.2 Å². The normalized spacial score (nSPS) is 23.4. The van der Waals surface area contributed by atoms with Gasteiger partial charge in [-0.25, -0.2) is 4.39 Å². The van der Waals surface area contributed by atoms with Gasteiger partial charge in [0, 0.05) is 17.5 Å². The number of aromatic nitrogens is 2. The Bertz CT molecular complexity index is 537. The molecule has 0 radical (unpaired) electrons. The molecule has 0 amide bonds.